The van der Waals surface area contributed by atoms with Crippen molar-refractivity contribution in [3.05, 3.63) is 65.5 Å². The zero-order valence-corrected chi connectivity index (χ0v) is 16.4. The summed E-state index contributed by atoms with van der Waals surface area (Å²) in [4.78, 5) is 16.7. The van der Waals surface area contributed by atoms with E-state index in [0.29, 0.717) is 25.1 Å². The number of ether oxygens (including phenoxy) is 1. The monoisotopic (exact) mass is 385 g/mol. The molecule has 6 heteroatoms. The first-order valence-corrected chi connectivity index (χ1v) is 9.72. The minimum Gasteiger partial charge on any atom is -0.497 e. The van der Waals surface area contributed by atoms with E-state index in [1.54, 1.807) is 19.2 Å². The van der Waals surface area contributed by atoms with Crippen LogP contribution in [0.2, 0.25) is 0 Å². The third kappa shape index (κ3) is 6.04. The van der Waals surface area contributed by atoms with Gasteiger partial charge in [-0.1, -0.05) is 30.3 Å². The van der Waals surface area contributed by atoms with Crippen molar-refractivity contribution in [2.75, 3.05) is 46.4 Å². The van der Waals surface area contributed by atoms with Gasteiger partial charge in [-0.05, 0) is 35.7 Å². The first-order valence-electron chi connectivity index (χ1n) is 9.72. The molecule has 0 saturated carbocycles. The van der Waals surface area contributed by atoms with Crippen LogP contribution in [-0.4, -0.2) is 62.1 Å². The van der Waals surface area contributed by atoms with Crippen LogP contribution in [0.5, 0.6) is 5.75 Å². The van der Waals surface area contributed by atoms with Crippen molar-refractivity contribution in [2.45, 2.75) is 13.0 Å². The van der Waals surface area contributed by atoms with Gasteiger partial charge in [0.2, 0.25) is 5.91 Å². The van der Waals surface area contributed by atoms with E-state index in [1.165, 1.54) is 11.6 Å². The highest BCUT2D eigenvalue weighted by Crippen LogP contribution is 2.14. The number of hydrogen-bond acceptors (Lipinski definition) is 4. The molecule has 1 amide bonds. The molecule has 1 aliphatic rings. The Balaban J connectivity index is 1.34. The van der Waals surface area contributed by atoms with Gasteiger partial charge in [0.25, 0.3) is 0 Å². The number of rotatable bonds is 8. The van der Waals surface area contributed by atoms with E-state index in [9.17, 15) is 9.18 Å². The Kier molecular flexibility index (Phi) is 7.39. The van der Waals surface area contributed by atoms with Crippen LogP contribution in [-0.2, 0) is 17.8 Å². The molecule has 2 aromatic rings. The van der Waals surface area contributed by atoms with Crippen molar-refractivity contribution in [1.82, 2.24) is 15.1 Å². The van der Waals surface area contributed by atoms with Crippen molar-refractivity contribution in [2.24, 2.45) is 0 Å². The van der Waals surface area contributed by atoms with E-state index < -0.39 is 0 Å². The Morgan fingerprint density at radius 2 is 1.71 bits per heavy atom. The smallest absolute Gasteiger partial charge is 0.234 e. The van der Waals surface area contributed by atoms with Crippen molar-refractivity contribution in [3.8, 4) is 5.75 Å². The standard InChI is InChI=1S/C22H28FN3O2/c1-28-20-8-6-18(7-9-20)16-25-12-14-26(15-13-25)17-22(27)24-11-10-19-4-2-3-5-21(19)23/h2-9H,10-17H2,1H3,(H,24,27). The zero-order chi connectivity index (χ0) is 19.8. The molecule has 0 radical (unpaired) electrons. The number of benzene rings is 2. The summed E-state index contributed by atoms with van der Waals surface area (Å²) in [5.41, 5.74) is 1.90. The van der Waals surface area contributed by atoms with Crippen molar-refractivity contribution < 1.29 is 13.9 Å². The number of hydrogen-bond donors (Lipinski definition) is 1. The molecule has 3 rings (SSSR count). The Morgan fingerprint density at radius 3 is 2.39 bits per heavy atom. The summed E-state index contributed by atoms with van der Waals surface area (Å²) < 4.78 is 18.8. The second kappa shape index (κ2) is 10.2. The molecule has 1 saturated heterocycles. The molecule has 0 aromatic heterocycles. The molecule has 1 aliphatic heterocycles. The number of nitrogens with one attached hydrogen (secondary N) is 1. The molecule has 1 heterocycles. The molecule has 5 nitrogen and oxygen atoms in total. The minimum atomic E-state index is -0.218. The van der Waals surface area contributed by atoms with Gasteiger partial charge in [-0.3, -0.25) is 14.6 Å². The van der Waals surface area contributed by atoms with Crippen molar-refractivity contribution >= 4 is 5.91 Å². The quantitative estimate of drug-likeness (QED) is 0.758. The van der Waals surface area contributed by atoms with Crippen LogP contribution in [0.1, 0.15) is 11.1 Å². The lowest BCUT2D eigenvalue weighted by Crippen LogP contribution is -2.49. The van der Waals surface area contributed by atoms with E-state index >= 15 is 0 Å². The van der Waals surface area contributed by atoms with Crippen LogP contribution in [0.15, 0.2) is 48.5 Å². The number of amides is 1. The molecule has 1 fully saturated rings. The van der Waals surface area contributed by atoms with Gasteiger partial charge in [-0.15, -0.1) is 0 Å². The largest absolute Gasteiger partial charge is 0.497 e. The Labute approximate surface area is 166 Å². The van der Waals surface area contributed by atoms with Gasteiger partial charge in [0.1, 0.15) is 11.6 Å². The maximum absolute atomic E-state index is 13.6. The summed E-state index contributed by atoms with van der Waals surface area (Å²) in [6.45, 7) is 5.38. The Bertz CT molecular complexity index is 759. The van der Waals surface area contributed by atoms with E-state index in [2.05, 4.69) is 27.2 Å². The summed E-state index contributed by atoms with van der Waals surface area (Å²) in [7, 11) is 1.67. The summed E-state index contributed by atoms with van der Waals surface area (Å²) in [6, 6.07) is 14.8. The predicted molar refractivity (Wildman–Crippen MR) is 108 cm³/mol. The number of piperazine rings is 1. The summed E-state index contributed by atoms with van der Waals surface area (Å²) in [5.74, 6) is 0.652. The third-order valence-electron chi connectivity index (χ3n) is 5.07. The fourth-order valence-corrected chi connectivity index (χ4v) is 3.39. The average Bonchev–Trinajstić information content (AvgIpc) is 2.71. The van der Waals surface area contributed by atoms with Crippen LogP contribution < -0.4 is 10.1 Å². The number of nitrogens with zero attached hydrogens (tertiary/aromatic N) is 2. The minimum absolute atomic E-state index is 0.0000521. The molecule has 0 spiro atoms. The SMILES string of the molecule is COc1ccc(CN2CCN(CC(=O)NCCc3ccccc3F)CC2)cc1. The first kappa shape index (κ1) is 20.3. The molecule has 0 atom stereocenters. The predicted octanol–water partition coefficient (Wildman–Crippen LogP) is 2.31. The lowest BCUT2D eigenvalue weighted by molar-refractivity contribution is -0.122. The summed E-state index contributed by atoms with van der Waals surface area (Å²) >= 11 is 0. The third-order valence-corrected chi connectivity index (χ3v) is 5.07. The van der Waals surface area contributed by atoms with Crippen LogP contribution in [0.4, 0.5) is 4.39 Å². The molecule has 28 heavy (non-hydrogen) atoms. The van der Waals surface area contributed by atoms with Gasteiger partial charge >= 0.3 is 0 Å². The Hall–Kier alpha value is -2.44. The zero-order valence-electron chi connectivity index (χ0n) is 16.4. The van der Waals surface area contributed by atoms with Gasteiger partial charge < -0.3 is 10.1 Å². The van der Waals surface area contributed by atoms with E-state index in [0.717, 1.165) is 38.5 Å². The van der Waals surface area contributed by atoms with Crippen LogP contribution in [0, 0.1) is 5.82 Å². The Morgan fingerprint density at radius 1 is 1.04 bits per heavy atom. The van der Waals surface area contributed by atoms with Crippen LogP contribution in [0.3, 0.4) is 0 Å². The molecule has 150 valence electrons. The summed E-state index contributed by atoms with van der Waals surface area (Å²) in [6.07, 6.45) is 0.508. The molecular weight excluding hydrogens is 357 g/mol. The number of methoxy groups -OCH3 is 1. The van der Waals surface area contributed by atoms with Gasteiger partial charge in [0, 0.05) is 39.3 Å². The van der Waals surface area contributed by atoms with Crippen molar-refractivity contribution in [1.29, 1.82) is 0 Å². The van der Waals surface area contributed by atoms with Gasteiger partial charge in [0.15, 0.2) is 0 Å². The first-order chi connectivity index (χ1) is 13.6. The second-order valence-corrected chi connectivity index (χ2v) is 7.09. The topological polar surface area (TPSA) is 44.8 Å². The van der Waals surface area contributed by atoms with Gasteiger partial charge in [0.05, 0.1) is 13.7 Å². The highest BCUT2D eigenvalue weighted by Gasteiger charge is 2.19. The fourth-order valence-electron chi connectivity index (χ4n) is 3.39. The molecule has 2 aromatic carbocycles. The van der Waals surface area contributed by atoms with Crippen molar-refractivity contribution in [3.63, 3.8) is 0 Å². The highest BCUT2D eigenvalue weighted by atomic mass is 19.1. The molecule has 0 aliphatic carbocycles. The highest BCUT2D eigenvalue weighted by molar-refractivity contribution is 5.78. The summed E-state index contributed by atoms with van der Waals surface area (Å²) in [5, 5.41) is 2.89. The maximum Gasteiger partial charge on any atom is 0.234 e. The van der Waals surface area contributed by atoms with E-state index in [-0.39, 0.29) is 11.7 Å². The van der Waals surface area contributed by atoms with E-state index in [4.69, 9.17) is 4.74 Å². The lowest BCUT2D eigenvalue weighted by atomic mass is 10.1. The van der Waals surface area contributed by atoms with Crippen LogP contribution in [0.25, 0.3) is 0 Å². The molecule has 0 unspecified atom stereocenters. The fraction of sp³-hybridized carbons (Fsp3) is 0.409. The normalized spacial score (nSPS) is 15.4. The van der Waals surface area contributed by atoms with E-state index in [1.807, 2.05) is 18.2 Å². The van der Waals surface area contributed by atoms with Crippen LogP contribution >= 0.6 is 0 Å². The average molecular weight is 385 g/mol. The second-order valence-electron chi connectivity index (χ2n) is 7.09. The number of carbonyl (C=O) groups excluding carboxylic acids is 1. The maximum atomic E-state index is 13.6. The lowest BCUT2D eigenvalue weighted by Gasteiger charge is -2.34. The molecular formula is C22H28FN3O2. The number of halogens is 1. The molecule has 1 N–H and O–H groups in total. The number of carbonyl (C=O) groups is 1. The van der Waals surface area contributed by atoms with Gasteiger partial charge in [-0.2, -0.15) is 0 Å². The van der Waals surface area contributed by atoms with Gasteiger partial charge in [-0.25, -0.2) is 4.39 Å². The molecule has 0 bridgehead atoms.